The SMILES string of the molecule is CN(CC(N)=O)CC1(O)CCCC1. The van der Waals surface area contributed by atoms with Gasteiger partial charge in [-0.05, 0) is 19.9 Å². The molecule has 0 atom stereocenters. The minimum absolute atomic E-state index is 0.225. The first-order valence-electron chi connectivity index (χ1n) is 4.71. The molecule has 0 bridgehead atoms. The Bertz CT molecular complexity index is 188. The van der Waals surface area contributed by atoms with Crippen LogP contribution >= 0.6 is 0 Å². The van der Waals surface area contributed by atoms with E-state index in [0.717, 1.165) is 25.7 Å². The molecule has 1 aliphatic rings. The molecule has 0 spiro atoms. The van der Waals surface area contributed by atoms with Crippen LogP contribution in [0.1, 0.15) is 25.7 Å². The summed E-state index contributed by atoms with van der Waals surface area (Å²) < 4.78 is 0. The van der Waals surface area contributed by atoms with Gasteiger partial charge in [-0.25, -0.2) is 0 Å². The maximum absolute atomic E-state index is 10.6. The molecule has 0 aromatic heterocycles. The van der Waals surface area contributed by atoms with Gasteiger partial charge >= 0.3 is 0 Å². The third kappa shape index (κ3) is 3.32. The van der Waals surface area contributed by atoms with Gasteiger partial charge in [0, 0.05) is 6.54 Å². The fraction of sp³-hybridized carbons (Fsp3) is 0.889. The monoisotopic (exact) mass is 186 g/mol. The number of nitrogens with zero attached hydrogens (tertiary/aromatic N) is 1. The normalized spacial score (nSPS) is 20.8. The third-order valence-electron chi connectivity index (χ3n) is 2.52. The number of nitrogens with two attached hydrogens (primary N) is 1. The Morgan fingerprint density at radius 1 is 1.54 bits per heavy atom. The van der Waals surface area contributed by atoms with Crippen LogP contribution in [-0.4, -0.2) is 41.7 Å². The summed E-state index contributed by atoms with van der Waals surface area (Å²) >= 11 is 0. The van der Waals surface area contributed by atoms with E-state index >= 15 is 0 Å². The molecular formula is C9H18N2O2. The van der Waals surface area contributed by atoms with Crippen LogP contribution in [0.3, 0.4) is 0 Å². The molecule has 0 radical (unpaired) electrons. The maximum Gasteiger partial charge on any atom is 0.231 e. The number of amides is 1. The fourth-order valence-corrected chi connectivity index (χ4v) is 2.02. The number of likely N-dealkylation sites (N-methyl/N-ethyl adjacent to an activating group) is 1. The largest absolute Gasteiger partial charge is 0.389 e. The molecule has 76 valence electrons. The number of primary amides is 1. The topological polar surface area (TPSA) is 66.6 Å². The predicted molar refractivity (Wildman–Crippen MR) is 50.1 cm³/mol. The number of carbonyl (C=O) groups excluding carboxylic acids is 1. The van der Waals surface area contributed by atoms with Crippen LogP contribution in [-0.2, 0) is 4.79 Å². The van der Waals surface area contributed by atoms with Gasteiger partial charge in [0.25, 0.3) is 0 Å². The summed E-state index contributed by atoms with van der Waals surface area (Å²) in [4.78, 5) is 12.4. The highest BCUT2D eigenvalue weighted by Crippen LogP contribution is 2.29. The van der Waals surface area contributed by atoms with Crippen molar-refractivity contribution < 1.29 is 9.90 Å². The molecule has 0 aliphatic heterocycles. The van der Waals surface area contributed by atoms with E-state index in [0.29, 0.717) is 6.54 Å². The number of aliphatic hydroxyl groups is 1. The van der Waals surface area contributed by atoms with E-state index < -0.39 is 5.60 Å². The molecule has 1 aliphatic carbocycles. The van der Waals surface area contributed by atoms with E-state index in [9.17, 15) is 9.90 Å². The number of carbonyl (C=O) groups is 1. The first-order chi connectivity index (χ1) is 6.02. The quantitative estimate of drug-likeness (QED) is 0.634. The highest BCUT2D eigenvalue weighted by molar-refractivity contribution is 5.75. The Kier molecular flexibility index (Phi) is 3.27. The van der Waals surface area contributed by atoms with E-state index in [1.54, 1.807) is 11.9 Å². The molecular weight excluding hydrogens is 168 g/mol. The molecule has 13 heavy (non-hydrogen) atoms. The summed E-state index contributed by atoms with van der Waals surface area (Å²) in [5.41, 5.74) is 4.47. The average molecular weight is 186 g/mol. The minimum atomic E-state index is -0.579. The summed E-state index contributed by atoms with van der Waals surface area (Å²) in [6.07, 6.45) is 3.86. The van der Waals surface area contributed by atoms with Gasteiger partial charge < -0.3 is 10.8 Å². The molecule has 4 nitrogen and oxygen atoms in total. The lowest BCUT2D eigenvalue weighted by Gasteiger charge is -2.27. The van der Waals surface area contributed by atoms with Crippen LogP contribution in [0.2, 0.25) is 0 Å². The summed E-state index contributed by atoms with van der Waals surface area (Å²) in [6, 6.07) is 0. The molecule has 3 N–H and O–H groups in total. The van der Waals surface area contributed by atoms with E-state index in [2.05, 4.69) is 0 Å². The van der Waals surface area contributed by atoms with Crippen molar-refractivity contribution in [2.24, 2.45) is 5.73 Å². The third-order valence-corrected chi connectivity index (χ3v) is 2.52. The van der Waals surface area contributed by atoms with Gasteiger partial charge in [0.05, 0.1) is 12.1 Å². The lowest BCUT2D eigenvalue weighted by Crippen LogP contribution is -2.42. The molecule has 0 heterocycles. The van der Waals surface area contributed by atoms with Gasteiger partial charge in [-0.1, -0.05) is 12.8 Å². The lowest BCUT2D eigenvalue weighted by molar-refractivity contribution is -0.119. The Balaban J connectivity index is 2.33. The van der Waals surface area contributed by atoms with Crippen molar-refractivity contribution in [2.75, 3.05) is 20.1 Å². The van der Waals surface area contributed by atoms with Gasteiger partial charge in [-0.3, -0.25) is 9.69 Å². The van der Waals surface area contributed by atoms with Gasteiger partial charge in [0.15, 0.2) is 0 Å². The molecule has 0 aromatic carbocycles. The first-order valence-corrected chi connectivity index (χ1v) is 4.71. The van der Waals surface area contributed by atoms with Gasteiger partial charge in [0.1, 0.15) is 0 Å². The predicted octanol–water partition coefficient (Wildman–Crippen LogP) is -0.291. The van der Waals surface area contributed by atoms with Crippen LogP contribution in [0.15, 0.2) is 0 Å². The van der Waals surface area contributed by atoms with Crippen molar-refractivity contribution >= 4 is 5.91 Å². The smallest absolute Gasteiger partial charge is 0.231 e. The fourth-order valence-electron chi connectivity index (χ4n) is 2.02. The van der Waals surface area contributed by atoms with E-state index in [1.807, 2.05) is 0 Å². The van der Waals surface area contributed by atoms with Crippen LogP contribution in [0.4, 0.5) is 0 Å². The Hall–Kier alpha value is -0.610. The minimum Gasteiger partial charge on any atom is -0.389 e. The second-order valence-corrected chi connectivity index (χ2v) is 4.07. The van der Waals surface area contributed by atoms with Crippen LogP contribution < -0.4 is 5.73 Å². The summed E-state index contributed by atoms with van der Waals surface area (Å²) in [6.45, 7) is 0.776. The number of rotatable bonds is 4. The second-order valence-electron chi connectivity index (χ2n) is 4.07. The zero-order valence-corrected chi connectivity index (χ0v) is 8.12. The van der Waals surface area contributed by atoms with Gasteiger partial charge in [-0.15, -0.1) is 0 Å². The zero-order chi connectivity index (χ0) is 9.90. The molecule has 1 saturated carbocycles. The van der Waals surface area contributed by atoms with Crippen LogP contribution in [0.25, 0.3) is 0 Å². The first kappa shape index (κ1) is 10.5. The van der Waals surface area contributed by atoms with Crippen molar-refractivity contribution in [1.29, 1.82) is 0 Å². The van der Waals surface area contributed by atoms with Gasteiger partial charge in [-0.2, -0.15) is 0 Å². The molecule has 0 saturated heterocycles. The van der Waals surface area contributed by atoms with Crippen molar-refractivity contribution in [2.45, 2.75) is 31.3 Å². The molecule has 0 aromatic rings. The standard InChI is InChI=1S/C9H18N2O2/c1-11(6-8(10)12)7-9(13)4-2-3-5-9/h13H,2-7H2,1H3,(H2,10,12). The number of hydrogen-bond acceptors (Lipinski definition) is 3. The summed E-state index contributed by atoms with van der Waals surface area (Å²) in [5, 5.41) is 9.98. The highest BCUT2D eigenvalue weighted by Gasteiger charge is 2.32. The van der Waals surface area contributed by atoms with Crippen LogP contribution in [0, 0.1) is 0 Å². The Labute approximate surface area is 78.7 Å². The molecule has 1 fully saturated rings. The molecule has 1 amide bonds. The highest BCUT2D eigenvalue weighted by atomic mass is 16.3. The molecule has 4 heteroatoms. The average Bonchev–Trinajstić information content (AvgIpc) is 2.33. The zero-order valence-electron chi connectivity index (χ0n) is 8.12. The maximum atomic E-state index is 10.6. The summed E-state index contributed by atoms with van der Waals surface area (Å²) in [7, 11) is 1.81. The van der Waals surface area contributed by atoms with E-state index in [4.69, 9.17) is 5.73 Å². The molecule has 1 rings (SSSR count). The Morgan fingerprint density at radius 2 is 2.08 bits per heavy atom. The van der Waals surface area contributed by atoms with Crippen molar-refractivity contribution in [3.05, 3.63) is 0 Å². The van der Waals surface area contributed by atoms with Gasteiger partial charge in [0.2, 0.25) is 5.91 Å². The van der Waals surface area contributed by atoms with E-state index in [-0.39, 0.29) is 12.5 Å². The van der Waals surface area contributed by atoms with Crippen molar-refractivity contribution in [3.8, 4) is 0 Å². The lowest BCUT2D eigenvalue weighted by atomic mass is 10.0. The van der Waals surface area contributed by atoms with Crippen molar-refractivity contribution in [3.63, 3.8) is 0 Å². The number of hydrogen-bond donors (Lipinski definition) is 2. The summed E-state index contributed by atoms with van der Waals surface area (Å²) in [5.74, 6) is -0.343. The second kappa shape index (κ2) is 4.07. The van der Waals surface area contributed by atoms with E-state index in [1.165, 1.54) is 0 Å². The van der Waals surface area contributed by atoms with Crippen LogP contribution in [0.5, 0.6) is 0 Å². The van der Waals surface area contributed by atoms with Crippen molar-refractivity contribution in [1.82, 2.24) is 4.90 Å². The Morgan fingerprint density at radius 3 is 2.54 bits per heavy atom. The molecule has 0 unspecified atom stereocenters.